The molecule has 2 nitrogen and oxygen atoms in total. The smallest absolute Gasteiger partial charge is 0.0359 e. The van der Waals surface area contributed by atoms with Crippen LogP contribution in [0.3, 0.4) is 0 Å². The number of nitrogens with two attached hydrogens (primary N) is 1. The Morgan fingerprint density at radius 1 is 1.05 bits per heavy atom. The van der Waals surface area contributed by atoms with E-state index in [2.05, 4.69) is 39.6 Å². The molecule has 2 rings (SSSR count). The molecule has 2 saturated carbocycles. The summed E-state index contributed by atoms with van der Waals surface area (Å²) in [6.07, 6.45) is 9.47. The van der Waals surface area contributed by atoms with E-state index in [4.69, 9.17) is 5.73 Å². The molecule has 0 heterocycles. The summed E-state index contributed by atoms with van der Waals surface area (Å²) in [7, 11) is 2.37. The van der Waals surface area contributed by atoms with Gasteiger partial charge in [0.15, 0.2) is 0 Å². The first-order valence-electron chi connectivity index (χ1n) is 8.74. The van der Waals surface area contributed by atoms with Crippen LogP contribution in [0.5, 0.6) is 0 Å². The lowest BCUT2D eigenvalue weighted by Gasteiger charge is -2.54. The van der Waals surface area contributed by atoms with Crippen molar-refractivity contribution in [3.05, 3.63) is 0 Å². The maximum atomic E-state index is 6.31. The molecule has 3 atom stereocenters. The fraction of sp³-hybridized carbons (Fsp3) is 1.00. The van der Waals surface area contributed by atoms with Crippen molar-refractivity contribution in [3.8, 4) is 0 Å². The van der Waals surface area contributed by atoms with E-state index in [0.29, 0.717) is 5.41 Å². The van der Waals surface area contributed by atoms with Gasteiger partial charge >= 0.3 is 0 Å². The predicted molar refractivity (Wildman–Crippen MR) is 87.8 cm³/mol. The zero-order valence-corrected chi connectivity index (χ0v) is 14.4. The second-order valence-corrected chi connectivity index (χ2v) is 8.60. The van der Waals surface area contributed by atoms with E-state index in [1.54, 1.807) is 0 Å². The molecule has 0 aromatic rings. The van der Waals surface area contributed by atoms with E-state index in [1.807, 2.05) is 0 Å². The van der Waals surface area contributed by atoms with Crippen molar-refractivity contribution >= 4 is 0 Å². The second kappa shape index (κ2) is 5.96. The molecule has 2 N–H and O–H groups in total. The summed E-state index contributed by atoms with van der Waals surface area (Å²) in [5.74, 6) is 1.57. The Morgan fingerprint density at radius 3 is 2.20 bits per heavy atom. The largest absolute Gasteiger partial charge is 0.329 e. The van der Waals surface area contributed by atoms with E-state index in [1.165, 1.54) is 44.9 Å². The third-order valence-electron chi connectivity index (χ3n) is 6.62. The number of nitrogens with zero attached hydrogens (tertiary/aromatic N) is 1. The molecule has 2 heteroatoms. The zero-order chi connectivity index (χ0) is 15.0. The highest BCUT2D eigenvalue weighted by atomic mass is 15.2. The van der Waals surface area contributed by atoms with Gasteiger partial charge in [0.1, 0.15) is 0 Å². The van der Waals surface area contributed by atoms with Crippen LogP contribution in [0.15, 0.2) is 0 Å². The molecule has 0 aromatic heterocycles. The molecule has 0 aliphatic heterocycles. The molecule has 0 radical (unpaired) electrons. The van der Waals surface area contributed by atoms with E-state index >= 15 is 0 Å². The quantitative estimate of drug-likeness (QED) is 0.845. The molecule has 3 unspecified atom stereocenters. The van der Waals surface area contributed by atoms with Gasteiger partial charge in [-0.05, 0) is 62.8 Å². The van der Waals surface area contributed by atoms with Crippen LogP contribution in [0.2, 0.25) is 0 Å². The predicted octanol–water partition coefficient (Wildman–Crippen LogP) is 4.04. The Bertz CT molecular complexity index is 315. The van der Waals surface area contributed by atoms with Gasteiger partial charge in [0.2, 0.25) is 0 Å². The van der Waals surface area contributed by atoms with Crippen LogP contribution in [0.25, 0.3) is 0 Å². The highest BCUT2D eigenvalue weighted by Gasteiger charge is 2.45. The first-order chi connectivity index (χ1) is 9.31. The Balaban J connectivity index is 2.10. The minimum absolute atomic E-state index is 0.254. The topological polar surface area (TPSA) is 29.3 Å². The van der Waals surface area contributed by atoms with Crippen molar-refractivity contribution in [1.29, 1.82) is 0 Å². The molecular formula is C18H36N2. The van der Waals surface area contributed by atoms with Crippen molar-refractivity contribution in [2.45, 2.75) is 84.2 Å². The lowest BCUT2D eigenvalue weighted by molar-refractivity contribution is -0.0316. The molecular weight excluding hydrogens is 244 g/mol. The summed E-state index contributed by atoms with van der Waals surface area (Å²) in [6, 6.07) is 0.749. The molecule has 0 saturated heterocycles. The number of hydrogen-bond donors (Lipinski definition) is 1. The van der Waals surface area contributed by atoms with Crippen LogP contribution in [0, 0.1) is 17.3 Å². The fourth-order valence-electron chi connectivity index (χ4n) is 4.76. The summed E-state index contributed by atoms with van der Waals surface area (Å²) in [5.41, 5.74) is 7.12. The SMILES string of the molecule is CC1CCC(C)C(CN)(N(C)C2CCC(C)(C)CC2)C1. The molecule has 2 aliphatic carbocycles. The van der Waals surface area contributed by atoms with Crippen LogP contribution in [0.1, 0.15) is 72.6 Å². The first kappa shape index (κ1) is 16.3. The molecule has 0 spiro atoms. The van der Waals surface area contributed by atoms with Crippen LogP contribution in [-0.4, -0.2) is 30.1 Å². The lowest BCUT2D eigenvalue weighted by atomic mass is 9.67. The van der Waals surface area contributed by atoms with Gasteiger partial charge in [0, 0.05) is 18.1 Å². The number of rotatable bonds is 3. The average Bonchev–Trinajstić information content (AvgIpc) is 2.41. The van der Waals surface area contributed by atoms with Gasteiger partial charge in [-0.2, -0.15) is 0 Å². The lowest BCUT2D eigenvalue weighted by Crippen LogP contribution is -2.62. The molecule has 2 aliphatic rings. The van der Waals surface area contributed by atoms with Gasteiger partial charge in [-0.15, -0.1) is 0 Å². The highest BCUT2D eigenvalue weighted by molar-refractivity contribution is 5.01. The molecule has 20 heavy (non-hydrogen) atoms. The summed E-state index contributed by atoms with van der Waals surface area (Å²) in [6.45, 7) is 10.5. The Morgan fingerprint density at radius 2 is 1.65 bits per heavy atom. The zero-order valence-electron chi connectivity index (χ0n) is 14.4. The van der Waals surface area contributed by atoms with Gasteiger partial charge < -0.3 is 5.73 Å². The number of likely N-dealkylation sites (N-methyl/N-ethyl adjacent to an activating group) is 1. The monoisotopic (exact) mass is 280 g/mol. The van der Waals surface area contributed by atoms with Crippen molar-refractivity contribution in [2.75, 3.05) is 13.6 Å². The normalized spacial score (nSPS) is 39.1. The molecule has 0 aromatic carbocycles. The highest BCUT2D eigenvalue weighted by Crippen LogP contribution is 2.44. The molecule has 118 valence electrons. The Hall–Kier alpha value is -0.0800. The Labute approximate surface area is 126 Å². The first-order valence-corrected chi connectivity index (χ1v) is 8.74. The van der Waals surface area contributed by atoms with Crippen molar-refractivity contribution < 1.29 is 0 Å². The van der Waals surface area contributed by atoms with Gasteiger partial charge in [0.25, 0.3) is 0 Å². The van der Waals surface area contributed by atoms with E-state index in [9.17, 15) is 0 Å². The second-order valence-electron chi connectivity index (χ2n) is 8.60. The molecule has 0 amide bonds. The number of hydrogen-bond acceptors (Lipinski definition) is 2. The summed E-state index contributed by atoms with van der Waals surface area (Å²) < 4.78 is 0. The Kier molecular flexibility index (Phi) is 4.86. The minimum Gasteiger partial charge on any atom is -0.329 e. The van der Waals surface area contributed by atoms with Crippen LogP contribution in [0.4, 0.5) is 0 Å². The summed E-state index contributed by atoms with van der Waals surface area (Å²) in [4.78, 5) is 2.71. The summed E-state index contributed by atoms with van der Waals surface area (Å²) >= 11 is 0. The summed E-state index contributed by atoms with van der Waals surface area (Å²) in [5, 5.41) is 0. The van der Waals surface area contributed by atoms with Crippen molar-refractivity contribution in [1.82, 2.24) is 4.90 Å². The van der Waals surface area contributed by atoms with E-state index in [-0.39, 0.29) is 5.54 Å². The standard InChI is InChI=1S/C18H36N2/c1-14-6-7-15(2)18(12-14,13-19)20(5)16-8-10-17(3,4)11-9-16/h14-16H,6-13,19H2,1-5H3. The van der Waals surface area contributed by atoms with Gasteiger partial charge in [-0.25, -0.2) is 0 Å². The van der Waals surface area contributed by atoms with Gasteiger partial charge in [-0.3, -0.25) is 4.90 Å². The van der Waals surface area contributed by atoms with E-state index in [0.717, 1.165) is 24.4 Å². The van der Waals surface area contributed by atoms with Crippen molar-refractivity contribution in [3.63, 3.8) is 0 Å². The maximum Gasteiger partial charge on any atom is 0.0359 e. The average molecular weight is 280 g/mol. The van der Waals surface area contributed by atoms with Gasteiger partial charge in [0.05, 0.1) is 0 Å². The maximum absolute atomic E-state index is 6.31. The van der Waals surface area contributed by atoms with Crippen LogP contribution in [-0.2, 0) is 0 Å². The fourth-order valence-corrected chi connectivity index (χ4v) is 4.76. The van der Waals surface area contributed by atoms with Gasteiger partial charge in [-0.1, -0.05) is 34.1 Å². The van der Waals surface area contributed by atoms with Crippen LogP contribution < -0.4 is 5.73 Å². The minimum atomic E-state index is 0.254. The third-order valence-corrected chi connectivity index (χ3v) is 6.62. The molecule has 2 fully saturated rings. The third kappa shape index (κ3) is 3.06. The van der Waals surface area contributed by atoms with E-state index < -0.39 is 0 Å². The molecule has 0 bridgehead atoms. The van der Waals surface area contributed by atoms with Crippen molar-refractivity contribution in [2.24, 2.45) is 23.0 Å². The van der Waals surface area contributed by atoms with Crippen LogP contribution >= 0.6 is 0 Å².